The number of nitrogens with zero attached hydrogens (tertiary/aromatic N) is 1. The van der Waals surface area contributed by atoms with E-state index < -0.39 is 5.60 Å². The summed E-state index contributed by atoms with van der Waals surface area (Å²) in [5.41, 5.74) is 11.4. The van der Waals surface area contributed by atoms with Crippen molar-refractivity contribution in [2.24, 2.45) is 5.73 Å². The molecule has 2 heterocycles. The van der Waals surface area contributed by atoms with Crippen molar-refractivity contribution in [2.75, 3.05) is 51.8 Å². The first-order valence-corrected chi connectivity index (χ1v) is 17.6. The number of benzene rings is 3. The van der Waals surface area contributed by atoms with Gasteiger partial charge >= 0.3 is 6.09 Å². The third kappa shape index (κ3) is 9.68. The number of piperidine rings is 1. The van der Waals surface area contributed by atoms with E-state index in [4.69, 9.17) is 29.4 Å². The lowest BCUT2D eigenvalue weighted by Crippen LogP contribution is -2.48. The molecule has 1 saturated heterocycles. The first-order valence-electron chi connectivity index (χ1n) is 17.6. The van der Waals surface area contributed by atoms with Gasteiger partial charge in [0.05, 0.1) is 45.7 Å². The van der Waals surface area contributed by atoms with Crippen LogP contribution >= 0.6 is 0 Å². The number of amides is 1. The van der Waals surface area contributed by atoms with E-state index in [0.717, 1.165) is 53.3 Å². The number of nitrogens with one attached hydrogen (secondary N) is 1. The normalized spacial score (nSPS) is 19.1. The van der Waals surface area contributed by atoms with Gasteiger partial charge in [-0.1, -0.05) is 56.3 Å². The van der Waals surface area contributed by atoms with E-state index in [1.54, 1.807) is 12.0 Å². The molecular weight excluding hydrogens is 618 g/mol. The average molecular weight is 674 g/mol. The molecule has 0 aliphatic carbocycles. The molecule has 49 heavy (non-hydrogen) atoms. The maximum Gasteiger partial charge on any atom is 0.410 e. The van der Waals surface area contributed by atoms with Crippen LogP contribution in [-0.2, 0) is 26.2 Å². The molecule has 2 aliphatic rings. The lowest BCUT2D eigenvalue weighted by Gasteiger charge is -2.40. The number of anilines is 1. The summed E-state index contributed by atoms with van der Waals surface area (Å²) in [6, 6.07) is 22.8. The van der Waals surface area contributed by atoms with Gasteiger partial charge in [-0.05, 0) is 81.1 Å². The van der Waals surface area contributed by atoms with E-state index in [2.05, 4.69) is 49.5 Å². The number of likely N-dealkylation sites (tertiary alicyclic amines) is 1. The Kier molecular flexibility index (Phi) is 12.1. The summed E-state index contributed by atoms with van der Waals surface area (Å²) in [5.74, 6) is 1.73. The van der Waals surface area contributed by atoms with Gasteiger partial charge in [-0.15, -0.1) is 0 Å². The van der Waals surface area contributed by atoms with Crippen LogP contribution in [0.3, 0.4) is 0 Å². The second-order valence-electron chi connectivity index (χ2n) is 14.7. The van der Waals surface area contributed by atoms with Crippen molar-refractivity contribution in [1.29, 1.82) is 0 Å². The zero-order chi connectivity index (χ0) is 35.0. The van der Waals surface area contributed by atoms with Gasteiger partial charge in [-0.3, -0.25) is 0 Å². The number of rotatable bonds is 14. The molecular formula is C40H55N3O6. The van der Waals surface area contributed by atoms with E-state index >= 15 is 0 Å². The molecule has 9 heteroatoms. The van der Waals surface area contributed by atoms with Gasteiger partial charge < -0.3 is 39.6 Å². The lowest BCUT2D eigenvalue weighted by molar-refractivity contribution is -0.0667. The number of hydrogen-bond acceptors (Lipinski definition) is 8. The van der Waals surface area contributed by atoms with E-state index in [1.807, 2.05) is 57.2 Å². The van der Waals surface area contributed by atoms with E-state index in [-0.39, 0.29) is 29.6 Å². The Morgan fingerprint density at radius 1 is 1.06 bits per heavy atom. The van der Waals surface area contributed by atoms with E-state index in [0.29, 0.717) is 45.9 Å². The molecule has 3 aromatic rings. The first-order chi connectivity index (χ1) is 23.5. The number of nitrogens with two attached hydrogens (primary N) is 1. The van der Waals surface area contributed by atoms with Gasteiger partial charge in [-0.2, -0.15) is 0 Å². The number of carbonyl (C=O) groups is 1. The maximum absolute atomic E-state index is 13.2. The Bertz CT molecular complexity index is 1520. The minimum Gasteiger partial charge on any atom is -0.496 e. The monoisotopic (exact) mass is 673 g/mol. The number of para-hydroxylation sites is 1. The highest BCUT2D eigenvalue weighted by atomic mass is 16.6. The molecule has 1 amide bonds. The van der Waals surface area contributed by atoms with Crippen molar-refractivity contribution in [1.82, 2.24) is 4.90 Å². The fourth-order valence-electron chi connectivity index (χ4n) is 6.68. The van der Waals surface area contributed by atoms with E-state index in [9.17, 15) is 4.79 Å². The highest BCUT2D eigenvalue weighted by Crippen LogP contribution is 2.40. The molecule has 0 bridgehead atoms. The number of carbonyl (C=O) groups excluding carboxylic acids is 1. The number of methoxy groups -OCH3 is 1. The third-order valence-electron chi connectivity index (χ3n) is 9.30. The minimum atomic E-state index is -0.574. The van der Waals surface area contributed by atoms with Crippen LogP contribution in [0.25, 0.3) is 0 Å². The predicted molar refractivity (Wildman–Crippen MR) is 194 cm³/mol. The second kappa shape index (κ2) is 16.3. The molecule has 3 atom stereocenters. The molecule has 3 N–H and O–H groups in total. The molecule has 0 radical (unpaired) electrons. The molecule has 3 aromatic carbocycles. The highest BCUT2D eigenvalue weighted by Gasteiger charge is 2.37. The SMILES string of the molecule is COc1ccccc1COCCCOc1ccc(C2CCN(C(=O)OC(C)(C)C)CC2OC(CCN)c2ccc3c(c2)NCC3(C)C)cc1. The fourth-order valence-corrected chi connectivity index (χ4v) is 6.68. The largest absolute Gasteiger partial charge is 0.496 e. The molecule has 2 aliphatic heterocycles. The lowest BCUT2D eigenvalue weighted by atomic mass is 9.85. The third-order valence-corrected chi connectivity index (χ3v) is 9.30. The summed E-state index contributed by atoms with van der Waals surface area (Å²) in [6.07, 6.45) is 1.43. The van der Waals surface area contributed by atoms with Crippen molar-refractivity contribution in [3.63, 3.8) is 0 Å². The second-order valence-corrected chi connectivity index (χ2v) is 14.7. The standard InChI is InChI=1S/C40H55N3O6/c1-39(2,3)49-38(44)43-21-19-32(37(25-43)48-36(18-20-41)29-14-17-33-34(24-29)42-27-40(33,4)5)28-12-15-31(16-13-28)47-23-9-22-46-26-30-10-7-8-11-35(30)45-6/h7-8,10-17,24,32,36-37,42H,9,18-23,25-27,41H2,1-6H3. The van der Waals surface area contributed by atoms with Crippen LogP contribution in [0.4, 0.5) is 10.5 Å². The van der Waals surface area contributed by atoms with Crippen molar-refractivity contribution >= 4 is 11.8 Å². The van der Waals surface area contributed by atoms with Crippen molar-refractivity contribution in [3.05, 3.63) is 89.0 Å². The smallest absolute Gasteiger partial charge is 0.410 e. The van der Waals surface area contributed by atoms with Crippen LogP contribution in [0.1, 0.15) is 88.2 Å². The van der Waals surface area contributed by atoms with Crippen LogP contribution in [0.15, 0.2) is 66.7 Å². The highest BCUT2D eigenvalue weighted by molar-refractivity contribution is 5.68. The van der Waals surface area contributed by atoms with Crippen molar-refractivity contribution in [3.8, 4) is 11.5 Å². The number of hydrogen-bond donors (Lipinski definition) is 2. The van der Waals surface area contributed by atoms with Gasteiger partial charge in [-0.25, -0.2) is 4.79 Å². The first kappa shape index (κ1) is 36.5. The quantitative estimate of drug-likeness (QED) is 0.169. The van der Waals surface area contributed by atoms with Crippen LogP contribution < -0.4 is 20.5 Å². The Morgan fingerprint density at radius 2 is 1.84 bits per heavy atom. The van der Waals surface area contributed by atoms with Gasteiger partial charge in [0.1, 0.15) is 17.1 Å². The average Bonchev–Trinajstić information content (AvgIpc) is 3.39. The molecule has 3 unspecified atom stereocenters. The summed E-state index contributed by atoms with van der Waals surface area (Å²) < 4.78 is 30.0. The van der Waals surface area contributed by atoms with Gasteiger partial charge in [0, 0.05) is 42.1 Å². The zero-order valence-corrected chi connectivity index (χ0v) is 30.1. The predicted octanol–water partition coefficient (Wildman–Crippen LogP) is 7.58. The zero-order valence-electron chi connectivity index (χ0n) is 30.1. The van der Waals surface area contributed by atoms with Gasteiger partial charge in [0.2, 0.25) is 0 Å². The molecule has 0 saturated carbocycles. The summed E-state index contributed by atoms with van der Waals surface area (Å²) in [4.78, 5) is 15.0. The Labute approximate surface area is 292 Å². The molecule has 0 aromatic heterocycles. The number of fused-ring (bicyclic) bond motifs is 1. The van der Waals surface area contributed by atoms with Crippen LogP contribution in [0, 0.1) is 0 Å². The molecule has 266 valence electrons. The molecule has 1 fully saturated rings. The Morgan fingerprint density at radius 3 is 2.57 bits per heavy atom. The molecule has 9 nitrogen and oxygen atoms in total. The van der Waals surface area contributed by atoms with Crippen molar-refractivity contribution < 1.29 is 28.5 Å². The molecule has 0 spiro atoms. The summed E-state index contributed by atoms with van der Waals surface area (Å²) in [6.45, 7) is 14.3. The molecule has 5 rings (SSSR count). The summed E-state index contributed by atoms with van der Waals surface area (Å²) in [5, 5.41) is 3.57. The summed E-state index contributed by atoms with van der Waals surface area (Å²) in [7, 11) is 1.67. The van der Waals surface area contributed by atoms with Crippen LogP contribution in [0.2, 0.25) is 0 Å². The Hall–Kier alpha value is -3.79. The minimum absolute atomic E-state index is 0.0845. The maximum atomic E-state index is 13.2. The fraction of sp³-hybridized carbons (Fsp3) is 0.525. The summed E-state index contributed by atoms with van der Waals surface area (Å²) >= 11 is 0. The van der Waals surface area contributed by atoms with Crippen LogP contribution in [-0.4, -0.2) is 69.2 Å². The van der Waals surface area contributed by atoms with Crippen LogP contribution in [0.5, 0.6) is 11.5 Å². The van der Waals surface area contributed by atoms with E-state index in [1.165, 1.54) is 5.56 Å². The van der Waals surface area contributed by atoms with Crippen molar-refractivity contribution in [2.45, 2.75) is 89.6 Å². The number of ether oxygens (including phenoxy) is 5. The van der Waals surface area contributed by atoms with Gasteiger partial charge in [0.15, 0.2) is 0 Å². The topological polar surface area (TPSA) is 105 Å². The van der Waals surface area contributed by atoms with Gasteiger partial charge in [0.25, 0.3) is 0 Å². The Balaban J connectivity index is 1.24.